The summed E-state index contributed by atoms with van der Waals surface area (Å²) in [5.74, 6) is -0.276. The number of amides is 1. The highest BCUT2D eigenvalue weighted by Gasteiger charge is 2.28. The normalized spacial score (nSPS) is 16.5. The summed E-state index contributed by atoms with van der Waals surface area (Å²) in [7, 11) is 0. The van der Waals surface area contributed by atoms with E-state index >= 15 is 0 Å². The van der Waals surface area contributed by atoms with E-state index < -0.39 is 0 Å². The summed E-state index contributed by atoms with van der Waals surface area (Å²) in [5.41, 5.74) is 4.51. The molecule has 5 heteroatoms. The van der Waals surface area contributed by atoms with Crippen LogP contribution in [0.3, 0.4) is 0 Å². The van der Waals surface area contributed by atoms with Crippen molar-refractivity contribution in [2.75, 3.05) is 18.0 Å². The van der Waals surface area contributed by atoms with Gasteiger partial charge in [0.25, 0.3) is 5.91 Å². The lowest BCUT2D eigenvalue weighted by atomic mass is 9.98. The van der Waals surface area contributed by atoms with Crippen LogP contribution in [0.5, 0.6) is 11.5 Å². The van der Waals surface area contributed by atoms with E-state index in [4.69, 9.17) is 0 Å². The van der Waals surface area contributed by atoms with Crippen molar-refractivity contribution >= 4 is 11.6 Å². The molecule has 2 aromatic carbocycles. The van der Waals surface area contributed by atoms with Gasteiger partial charge in [-0.05, 0) is 60.1 Å². The number of hydrogen-bond donors (Lipinski definition) is 2. The van der Waals surface area contributed by atoms with E-state index in [1.807, 2.05) is 13.8 Å². The first-order valence-electron chi connectivity index (χ1n) is 10.2. The fraction of sp³-hybridized carbons (Fsp3) is 0.435. The Morgan fingerprint density at radius 2 is 1.64 bits per heavy atom. The van der Waals surface area contributed by atoms with Crippen LogP contribution in [0.15, 0.2) is 30.3 Å². The molecular formula is C23H28N2O3. The molecule has 0 aliphatic carbocycles. The molecule has 0 unspecified atom stereocenters. The second kappa shape index (κ2) is 7.38. The zero-order valence-corrected chi connectivity index (χ0v) is 16.6. The minimum atomic E-state index is -0.199. The Morgan fingerprint density at radius 3 is 2.36 bits per heavy atom. The first-order chi connectivity index (χ1) is 13.4. The third-order valence-corrected chi connectivity index (χ3v) is 5.92. The Kier molecular flexibility index (Phi) is 4.92. The van der Waals surface area contributed by atoms with Gasteiger partial charge in [-0.3, -0.25) is 4.79 Å². The van der Waals surface area contributed by atoms with Crippen LogP contribution in [-0.2, 0) is 13.1 Å². The number of rotatable bonds is 3. The van der Waals surface area contributed by atoms with Crippen LogP contribution < -0.4 is 4.90 Å². The van der Waals surface area contributed by atoms with Crippen molar-refractivity contribution in [2.24, 2.45) is 0 Å². The summed E-state index contributed by atoms with van der Waals surface area (Å²) in [4.78, 5) is 17.3. The highest BCUT2D eigenvalue weighted by atomic mass is 16.3. The monoisotopic (exact) mass is 380 g/mol. The van der Waals surface area contributed by atoms with Crippen LogP contribution in [0.2, 0.25) is 0 Å². The van der Waals surface area contributed by atoms with Gasteiger partial charge in [0.15, 0.2) is 0 Å². The van der Waals surface area contributed by atoms with Crippen LogP contribution in [0, 0.1) is 0 Å². The number of piperidine rings is 1. The lowest BCUT2D eigenvalue weighted by Crippen LogP contribution is -2.29. The number of benzene rings is 2. The molecule has 1 saturated heterocycles. The molecule has 28 heavy (non-hydrogen) atoms. The molecule has 4 rings (SSSR count). The van der Waals surface area contributed by atoms with Crippen molar-refractivity contribution in [3.05, 3.63) is 52.6 Å². The van der Waals surface area contributed by atoms with Gasteiger partial charge in [0.05, 0.1) is 5.56 Å². The van der Waals surface area contributed by atoms with Gasteiger partial charge in [-0.25, -0.2) is 0 Å². The highest BCUT2D eigenvalue weighted by Crippen LogP contribution is 2.35. The maximum absolute atomic E-state index is 13.1. The topological polar surface area (TPSA) is 64.0 Å². The Balaban J connectivity index is 1.56. The van der Waals surface area contributed by atoms with E-state index in [1.54, 1.807) is 11.0 Å². The summed E-state index contributed by atoms with van der Waals surface area (Å²) >= 11 is 0. The standard InChI is InChI=1S/C23H28N2O3/c1-15(2)19-11-20(22(27)12-21(19)26)23(28)25-13-16-6-7-18(10-17(16)14-25)24-8-4-3-5-9-24/h6-7,10-12,15,26-27H,3-5,8-9,13-14H2,1-2H3. The van der Waals surface area contributed by atoms with E-state index in [1.165, 1.54) is 36.6 Å². The lowest BCUT2D eigenvalue weighted by Gasteiger charge is -2.29. The molecule has 0 saturated carbocycles. The highest BCUT2D eigenvalue weighted by molar-refractivity contribution is 5.97. The van der Waals surface area contributed by atoms with Gasteiger partial charge in [-0.2, -0.15) is 0 Å². The summed E-state index contributed by atoms with van der Waals surface area (Å²) in [5, 5.41) is 20.3. The van der Waals surface area contributed by atoms with Gasteiger partial charge in [-0.15, -0.1) is 0 Å². The maximum Gasteiger partial charge on any atom is 0.258 e. The number of anilines is 1. The SMILES string of the molecule is CC(C)c1cc(C(=O)N2Cc3ccc(N4CCCCC4)cc3C2)c(O)cc1O. The van der Waals surface area contributed by atoms with Crippen molar-refractivity contribution in [3.63, 3.8) is 0 Å². The molecule has 2 heterocycles. The van der Waals surface area contributed by atoms with Gasteiger partial charge in [0, 0.05) is 37.9 Å². The quantitative estimate of drug-likeness (QED) is 0.830. The molecule has 2 N–H and O–H groups in total. The molecule has 1 fully saturated rings. The number of phenols is 2. The second-order valence-corrected chi connectivity index (χ2v) is 8.24. The molecule has 0 radical (unpaired) electrons. The van der Waals surface area contributed by atoms with Gasteiger partial charge in [0.1, 0.15) is 11.5 Å². The number of phenolic OH excluding ortho intramolecular Hbond substituents is 2. The minimum absolute atomic E-state index is 0.0277. The van der Waals surface area contributed by atoms with Crippen molar-refractivity contribution in [1.29, 1.82) is 0 Å². The third kappa shape index (κ3) is 3.41. The molecule has 5 nitrogen and oxygen atoms in total. The van der Waals surface area contributed by atoms with Crippen molar-refractivity contribution < 1.29 is 15.0 Å². The molecule has 1 amide bonds. The number of hydrogen-bond acceptors (Lipinski definition) is 4. The number of carbonyl (C=O) groups is 1. The number of carbonyl (C=O) groups excluding carboxylic acids is 1. The molecule has 0 aromatic heterocycles. The predicted octanol–water partition coefficient (Wildman–Crippen LogP) is 4.37. The van der Waals surface area contributed by atoms with Crippen molar-refractivity contribution in [2.45, 2.75) is 52.1 Å². The van der Waals surface area contributed by atoms with E-state index in [0.717, 1.165) is 18.7 Å². The minimum Gasteiger partial charge on any atom is -0.508 e. The second-order valence-electron chi connectivity index (χ2n) is 8.24. The van der Waals surface area contributed by atoms with Crippen molar-refractivity contribution in [3.8, 4) is 11.5 Å². The Hall–Kier alpha value is -2.69. The van der Waals surface area contributed by atoms with Crippen LogP contribution in [0.4, 0.5) is 5.69 Å². The number of fused-ring (bicyclic) bond motifs is 1. The van der Waals surface area contributed by atoms with E-state index in [9.17, 15) is 15.0 Å². The van der Waals surface area contributed by atoms with Crippen LogP contribution in [0.1, 0.15) is 66.1 Å². The van der Waals surface area contributed by atoms with Gasteiger partial charge in [-0.1, -0.05) is 19.9 Å². The van der Waals surface area contributed by atoms with Crippen molar-refractivity contribution in [1.82, 2.24) is 4.90 Å². The third-order valence-electron chi connectivity index (χ3n) is 5.92. The van der Waals surface area contributed by atoms with Crippen LogP contribution >= 0.6 is 0 Å². The lowest BCUT2D eigenvalue weighted by molar-refractivity contribution is 0.0748. The molecular weight excluding hydrogens is 352 g/mol. The predicted molar refractivity (Wildman–Crippen MR) is 110 cm³/mol. The van der Waals surface area contributed by atoms with Crippen LogP contribution in [-0.4, -0.2) is 34.1 Å². The Bertz CT molecular complexity index is 901. The molecule has 0 bridgehead atoms. The fourth-order valence-corrected chi connectivity index (χ4v) is 4.27. The zero-order valence-electron chi connectivity index (χ0n) is 16.6. The Labute approximate surface area is 166 Å². The first kappa shape index (κ1) is 18.7. The molecule has 2 aromatic rings. The molecule has 0 atom stereocenters. The van der Waals surface area contributed by atoms with E-state index in [2.05, 4.69) is 23.1 Å². The number of aromatic hydroxyl groups is 2. The molecule has 0 spiro atoms. The smallest absolute Gasteiger partial charge is 0.258 e. The van der Waals surface area contributed by atoms with Gasteiger partial charge >= 0.3 is 0 Å². The summed E-state index contributed by atoms with van der Waals surface area (Å²) in [6, 6.07) is 9.40. The fourth-order valence-electron chi connectivity index (χ4n) is 4.27. The zero-order chi connectivity index (χ0) is 19.8. The van der Waals surface area contributed by atoms with Crippen LogP contribution in [0.25, 0.3) is 0 Å². The van der Waals surface area contributed by atoms with E-state index in [-0.39, 0.29) is 28.9 Å². The van der Waals surface area contributed by atoms with Gasteiger partial charge < -0.3 is 20.0 Å². The summed E-state index contributed by atoms with van der Waals surface area (Å²) in [6.45, 7) is 7.20. The number of nitrogens with zero attached hydrogens (tertiary/aromatic N) is 2. The average molecular weight is 380 g/mol. The first-order valence-corrected chi connectivity index (χ1v) is 10.2. The Morgan fingerprint density at radius 1 is 0.929 bits per heavy atom. The van der Waals surface area contributed by atoms with Gasteiger partial charge in [0.2, 0.25) is 0 Å². The summed E-state index contributed by atoms with van der Waals surface area (Å²) < 4.78 is 0. The average Bonchev–Trinajstić information content (AvgIpc) is 3.11. The molecule has 2 aliphatic rings. The maximum atomic E-state index is 13.1. The molecule has 2 aliphatic heterocycles. The molecule has 148 valence electrons. The summed E-state index contributed by atoms with van der Waals surface area (Å²) in [6.07, 6.45) is 3.78. The largest absolute Gasteiger partial charge is 0.508 e. The van der Waals surface area contributed by atoms with E-state index in [0.29, 0.717) is 18.7 Å².